The van der Waals surface area contributed by atoms with E-state index in [1.807, 2.05) is 54.6 Å². The molecule has 0 bridgehead atoms. The molecule has 2 heterocycles. The van der Waals surface area contributed by atoms with E-state index in [0.29, 0.717) is 37.2 Å². The second-order valence-electron chi connectivity index (χ2n) is 7.89. The van der Waals surface area contributed by atoms with Crippen LogP contribution in [0.25, 0.3) is 22.2 Å². The molecule has 1 aromatic heterocycles. The predicted molar refractivity (Wildman–Crippen MR) is 123 cm³/mol. The number of ether oxygens (including phenoxy) is 1. The first-order chi connectivity index (χ1) is 15.4. The second kappa shape index (κ2) is 9.26. The highest BCUT2D eigenvalue weighted by molar-refractivity contribution is 7.89. The SMILES string of the molecule is CCS(=O)(=O)N1CCC(C(=O)OCC(=O)c2c(-c3ccccc3)[nH]c3ccccc23)CC1. The first kappa shape index (κ1) is 22.2. The molecule has 1 N–H and O–H groups in total. The van der Waals surface area contributed by atoms with E-state index in [1.54, 1.807) is 6.92 Å². The number of rotatable bonds is 7. The van der Waals surface area contributed by atoms with Crippen molar-refractivity contribution in [2.45, 2.75) is 19.8 Å². The summed E-state index contributed by atoms with van der Waals surface area (Å²) in [6.45, 7) is 1.85. The number of para-hydroxylation sites is 1. The molecule has 0 saturated carbocycles. The van der Waals surface area contributed by atoms with E-state index in [1.165, 1.54) is 4.31 Å². The first-order valence-corrected chi connectivity index (χ1v) is 12.4. The number of H-pyrrole nitrogens is 1. The van der Waals surface area contributed by atoms with Crippen LogP contribution < -0.4 is 0 Å². The minimum atomic E-state index is -3.25. The van der Waals surface area contributed by atoms with Gasteiger partial charge in [-0.3, -0.25) is 9.59 Å². The van der Waals surface area contributed by atoms with Gasteiger partial charge < -0.3 is 9.72 Å². The third kappa shape index (κ3) is 4.47. The standard InChI is InChI=1S/C24H26N2O5S/c1-2-32(29,30)26-14-12-18(13-15-26)24(28)31-16-21(27)22-19-10-6-7-11-20(19)25-23(22)17-8-4-3-5-9-17/h3-11,18,25H,2,12-16H2,1H3. The molecule has 1 aliphatic rings. The van der Waals surface area contributed by atoms with Gasteiger partial charge in [0.15, 0.2) is 6.61 Å². The van der Waals surface area contributed by atoms with Gasteiger partial charge in [0.2, 0.25) is 15.8 Å². The Morgan fingerprint density at radius 1 is 1.03 bits per heavy atom. The number of esters is 1. The van der Waals surface area contributed by atoms with Crippen LogP contribution in [-0.4, -0.2) is 54.9 Å². The highest BCUT2D eigenvalue weighted by atomic mass is 32.2. The van der Waals surface area contributed by atoms with Gasteiger partial charge in [0, 0.05) is 24.0 Å². The number of piperidine rings is 1. The van der Waals surface area contributed by atoms with Gasteiger partial charge in [0.05, 0.1) is 22.9 Å². The molecule has 32 heavy (non-hydrogen) atoms. The fourth-order valence-electron chi connectivity index (χ4n) is 4.13. The average molecular weight is 455 g/mol. The largest absolute Gasteiger partial charge is 0.457 e. The summed E-state index contributed by atoms with van der Waals surface area (Å²) < 4.78 is 30.8. The monoisotopic (exact) mass is 454 g/mol. The number of fused-ring (bicyclic) bond motifs is 1. The molecular weight excluding hydrogens is 428 g/mol. The van der Waals surface area contributed by atoms with Crippen molar-refractivity contribution < 1.29 is 22.7 Å². The van der Waals surface area contributed by atoms with Gasteiger partial charge in [-0.1, -0.05) is 48.5 Å². The number of aromatic amines is 1. The van der Waals surface area contributed by atoms with Gasteiger partial charge in [-0.15, -0.1) is 0 Å². The molecule has 0 atom stereocenters. The van der Waals surface area contributed by atoms with Crippen LogP contribution >= 0.6 is 0 Å². The fourth-order valence-corrected chi connectivity index (χ4v) is 5.26. The second-order valence-corrected chi connectivity index (χ2v) is 10.1. The average Bonchev–Trinajstić information content (AvgIpc) is 3.23. The lowest BCUT2D eigenvalue weighted by Crippen LogP contribution is -2.41. The van der Waals surface area contributed by atoms with Crippen molar-refractivity contribution in [1.82, 2.24) is 9.29 Å². The quantitative estimate of drug-likeness (QED) is 0.434. The molecule has 0 radical (unpaired) electrons. The molecule has 0 unspecified atom stereocenters. The number of benzene rings is 2. The highest BCUT2D eigenvalue weighted by Crippen LogP contribution is 2.31. The van der Waals surface area contributed by atoms with Crippen LogP contribution in [0.4, 0.5) is 0 Å². The van der Waals surface area contributed by atoms with E-state index >= 15 is 0 Å². The molecule has 1 saturated heterocycles. The number of nitrogens with one attached hydrogen (secondary N) is 1. The van der Waals surface area contributed by atoms with Gasteiger partial charge in [-0.05, 0) is 31.4 Å². The third-order valence-electron chi connectivity index (χ3n) is 5.94. The Balaban J connectivity index is 1.47. The van der Waals surface area contributed by atoms with Crippen LogP contribution in [0.3, 0.4) is 0 Å². The molecule has 8 heteroatoms. The van der Waals surface area contributed by atoms with E-state index < -0.39 is 21.9 Å². The van der Waals surface area contributed by atoms with Crippen molar-refractivity contribution in [2.24, 2.45) is 5.92 Å². The molecule has 0 amide bonds. The summed E-state index contributed by atoms with van der Waals surface area (Å²) in [7, 11) is -3.25. The van der Waals surface area contributed by atoms with Gasteiger partial charge in [0.1, 0.15) is 0 Å². The summed E-state index contributed by atoms with van der Waals surface area (Å²) in [5.74, 6) is -1.08. The predicted octanol–water partition coefficient (Wildman–Crippen LogP) is 3.62. The van der Waals surface area contributed by atoms with Crippen LogP contribution in [-0.2, 0) is 19.6 Å². The number of Topliss-reactive ketones (excluding diaryl/α,β-unsaturated/α-hetero) is 1. The summed E-state index contributed by atoms with van der Waals surface area (Å²) in [5, 5.41) is 0.783. The maximum atomic E-state index is 13.1. The zero-order valence-electron chi connectivity index (χ0n) is 17.9. The zero-order valence-corrected chi connectivity index (χ0v) is 18.7. The molecule has 0 spiro atoms. The van der Waals surface area contributed by atoms with E-state index in [2.05, 4.69) is 4.98 Å². The Morgan fingerprint density at radius 2 is 1.69 bits per heavy atom. The number of hydrogen-bond acceptors (Lipinski definition) is 5. The summed E-state index contributed by atoms with van der Waals surface area (Å²) in [4.78, 5) is 29.0. The molecule has 3 aromatic rings. The lowest BCUT2D eigenvalue weighted by molar-refractivity contribution is -0.148. The number of ketones is 1. The maximum Gasteiger partial charge on any atom is 0.309 e. The minimum absolute atomic E-state index is 0.0466. The lowest BCUT2D eigenvalue weighted by Gasteiger charge is -2.29. The number of hydrogen-bond donors (Lipinski definition) is 1. The van der Waals surface area contributed by atoms with Gasteiger partial charge in [-0.25, -0.2) is 12.7 Å². The number of carbonyl (C=O) groups is 2. The Labute approximate surface area is 187 Å². The number of aromatic nitrogens is 1. The van der Waals surface area contributed by atoms with Crippen molar-refractivity contribution in [1.29, 1.82) is 0 Å². The van der Waals surface area contributed by atoms with Crippen molar-refractivity contribution >= 4 is 32.7 Å². The highest BCUT2D eigenvalue weighted by Gasteiger charge is 2.31. The molecular formula is C24H26N2O5S. The van der Waals surface area contributed by atoms with Crippen LogP contribution in [0.5, 0.6) is 0 Å². The smallest absolute Gasteiger partial charge is 0.309 e. The number of nitrogens with zero attached hydrogens (tertiary/aromatic N) is 1. The van der Waals surface area contributed by atoms with Crippen LogP contribution in [0, 0.1) is 5.92 Å². The number of carbonyl (C=O) groups excluding carboxylic acids is 2. The Hall–Kier alpha value is -2.97. The van der Waals surface area contributed by atoms with Crippen LogP contribution in [0.1, 0.15) is 30.1 Å². The molecule has 0 aliphatic carbocycles. The molecule has 4 rings (SSSR count). The maximum absolute atomic E-state index is 13.1. The summed E-state index contributed by atoms with van der Waals surface area (Å²) in [6.07, 6.45) is 0.795. The minimum Gasteiger partial charge on any atom is -0.457 e. The molecule has 2 aromatic carbocycles. The molecule has 168 valence electrons. The van der Waals surface area contributed by atoms with E-state index in [9.17, 15) is 18.0 Å². The molecule has 7 nitrogen and oxygen atoms in total. The summed E-state index contributed by atoms with van der Waals surface area (Å²) in [5.41, 5.74) is 2.92. The first-order valence-electron chi connectivity index (χ1n) is 10.7. The fraction of sp³-hybridized carbons (Fsp3) is 0.333. The van der Waals surface area contributed by atoms with Gasteiger partial charge in [-0.2, -0.15) is 0 Å². The summed E-state index contributed by atoms with van der Waals surface area (Å²) >= 11 is 0. The van der Waals surface area contributed by atoms with Crippen molar-refractivity contribution in [2.75, 3.05) is 25.4 Å². The molecule has 1 aliphatic heterocycles. The van der Waals surface area contributed by atoms with Crippen molar-refractivity contribution in [3.8, 4) is 11.3 Å². The van der Waals surface area contributed by atoms with E-state index in [0.717, 1.165) is 16.5 Å². The van der Waals surface area contributed by atoms with Crippen molar-refractivity contribution in [3.63, 3.8) is 0 Å². The normalized spacial score (nSPS) is 15.7. The third-order valence-corrected chi connectivity index (χ3v) is 7.82. The summed E-state index contributed by atoms with van der Waals surface area (Å²) in [6, 6.07) is 17.1. The lowest BCUT2D eigenvalue weighted by atomic mass is 9.98. The Kier molecular flexibility index (Phi) is 6.43. The zero-order chi connectivity index (χ0) is 22.7. The van der Waals surface area contributed by atoms with Crippen molar-refractivity contribution in [3.05, 3.63) is 60.2 Å². The number of sulfonamides is 1. The van der Waals surface area contributed by atoms with E-state index in [4.69, 9.17) is 4.74 Å². The van der Waals surface area contributed by atoms with Gasteiger partial charge >= 0.3 is 5.97 Å². The van der Waals surface area contributed by atoms with Crippen LogP contribution in [0.2, 0.25) is 0 Å². The van der Waals surface area contributed by atoms with E-state index in [-0.39, 0.29) is 18.1 Å². The van der Waals surface area contributed by atoms with Gasteiger partial charge in [0.25, 0.3) is 0 Å². The Bertz CT molecular complexity index is 1230. The Morgan fingerprint density at radius 3 is 2.38 bits per heavy atom. The molecule has 1 fully saturated rings. The van der Waals surface area contributed by atoms with Crippen LogP contribution in [0.15, 0.2) is 54.6 Å². The topological polar surface area (TPSA) is 96.5 Å².